The van der Waals surface area contributed by atoms with Crippen LogP contribution in [0.2, 0.25) is 0 Å². The van der Waals surface area contributed by atoms with Crippen LogP contribution in [0.4, 0.5) is 0 Å². The summed E-state index contributed by atoms with van der Waals surface area (Å²) < 4.78 is 7.01. The van der Waals surface area contributed by atoms with Gasteiger partial charge in [0.1, 0.15) is 11.4 Å². The third-order valence-electron chi connectivity index (χ3n) is 3.71. The van der Waals surface area contributed by atoms with E-state index in [4.69, 9.17) is 4.74 Å². The molecule has 7 heteroatoms. The first-order valence-electron chi connectivity index (χ1n) is 7.79. The van der Waals surface area contributed by atoms with E-state index in [1.165, 1.54) is 11.8 Å². The van der Waals surface area contributed by atoms with Crippen LogP contribution in [-0.4, -0.2) is 38.4 Å². The van der Waals surface area contributed by atoms with Crippen molar-refractivity contribution in [1.29, 1.82) is 0 Å². The van der Waals surface area contributed by atoms with E-state index in [9.17, 15) is 4.79 Å². The Hall–Kier alpha value is -2.67. The van der Waals surface area contributed by atoms with Crippen LogP contribution < -0.4 is 4.74 Å². The second-order valence-electron chi connectivity index (χ2n) is 5.54. The normalized spacial score (nSPS) is 12.0. The summed E-state index contributed by atoms with van der Waals surface area (Å²) in [5.74, 6) is 0.707. The molecule has 25 heavy (non-hydrogen) atoms. The number of ketones is 1. The number of Topliss-reactive ketones (excluding diaryl/α,β-unsaturated/α-hetero) is 1. The monoisotopic (exact) mass is 354 g/mol. The Kier molecular flexibility index (Phi) is 5.14. The molecule has 0 radical (unpaired) electrons. The maximum Gasteiger partial charge on any atom is 0.214 e. The molecule has 0 saturated carbocycles. The summed E-state index contributed by atoms with van der Waals surface area (Å²) in [6, 6.07) is 15.0. The third kappa shape index (κ3) is 3.71. The minimum Gasteiger partial charge on any atom is -0.494 e. The molecule has 6 nitrogen and oxygen atoms in total. The van der Waals surface area contributed by atoms with Gasteiger partial charge in [-0.15, -0.1) is 5.10 Å². The van der Waals surface area contributed by atoms with Crippen molar-refractivity contribution in [2.75, 3.05) is 7.11 Å². The minimum absolute atomic E-state index is 0.0383. The first-order valence-corrected chi connectivity index (χ1v) is 8.67. The summed E-state index contributed by atoms with van der Waals surface area (Å²) in [5, 5.41) is 12.1. The second kappa shape index (κ2) is 7.48. The highest BCUT2D eigenvalue weighted by atomic mass is 32.2. The van der Waals surface area contributed by atoms with Crippen LogP contribution in [0.3, 0.4) is 0 Å². The fourth-order valence-corrected chi connectivity index (χ4v) is 3.30. The van der Waals surface area contributed by atoms with Crippen molar-refractivity contribution in [2.45, 2.75) is 24.3 Å². The highest BCUT2D eigenvalue weighted by molar-refractivity contribution is 8.00. The van der Waals surface area contributed by atoms with Crippen molar-refractivity contribution >= 4 is 17.5 Å². The van der Waals surface area contributed by atoms with Gasteiger partial charge in [-0.2, -0.15) is 4.68 Å². The van der Waals surface area contributed by atoms with Crippen molar-refractivity contribution in [3.05, 3.63) is 59.7 Å². The quantitative estimate of drug-likeness (QED) is 0.499. The summed E-state index contributed by atoms with van der Waals surface area (Å²) in [5.41, 5.74) is 2.49. The first kappa shape index (κ1) is 17.2. The molecule has 0 amide bonds. The number of rotatable bonds is 6. The Morgan fingerprint density at radius 3 is 2.68 bits per heavy atom. The van der Waals surface area contributed by atoms with Crippen LogP contribution in [0, 0.1) is 6.92 Å². The summed E-state index contributed by atoms with van der Waals surface area (Å²) in [6.45, 7) is 3.84. The van der Waals surface area contributed by atoms with E-state index in [2.05, 4.69) is 15.5 Å². The number of methoxy groups -OCH3 is 1. The van der Waals surface area contributed by atoms with Gasteiger partial charge in [0.25, 0.3) is 0 Å². The molecular weight excluding hydrogens is 336 g/mol. The van der Waals surface area contributed by atoms with E-state index in [0.717, 1.165) is 11.3 Å². The molecule has 0 aliphatic heterocycles. The lowest BCUT2D eigenvalue weighted by atomic mass is 10.1. The van der Waals surface area contributed by atoms with Crippen LogP contribution in [0.5, 0.6) is 5.75 Å². The van der Waals surface area contributed by atoms with Gasteiger partial charge in [0, 0.05) is 5.56 Å². The number of carbonyl (C=O) groups excluding carboxylic acids is 1. The van der Waals surface area contributed by atoms with Crippen LogP contribution in [0.15, 0.2) is 53.7 Å². The van der Waals surface area contributed by atoms with Gasteiger partial charge in [-0.05, 0) is 42.0 Å². The van der Waals surface area contributed by atoms with E-state index in [0.29, 0.717) is 16.5 Å². The number of benzene rings is 2. The summed E-state index contributed by atoms with van der Waals surface area (Å²) in [4.78, 5) is 12.6. The highest BCUT2D eigenvalue weighted by Crippen LogP contribution is 2.29. The smallest absolute Gasteiger partial charge is 0.214 e. The van der Waals surface area contributed by atoms with E-state index in [1.54, 1.807) is 11.8 Å². The number of tetrazole rings is 1. The number of hydrogen-bond donors (Lipinski definition) is 0. The number of ether oxygens (including phenoxy) is 1. The predicted octanol–water partition coefficient (Wildman–Crippen LogP) is 3.34. The summed E-state index contributed by atoms with van der Waals surface area (Å²) in [7, 11) is 1.60. The molecule has 0 aliphatic carbocycles. The van der Waals surface area contributed by atoms with Gasteiger partial charge in [-0.1, -0.05) is 48.2 Å². The lowest BCUT2D eigenvalue weighted by molar-refractivity contribution is 0.0994. The molecule has 0 saturated heterocycles. The van der Waals surface area contributed by atoms with Crippen molar-refractivity contribution in [2.24, 2.45) is 0 Å². The molecule has 0 aliphatic rings. The second-order valence-corrected chi connectivity index (χ2v) is 6.85. The number of nitrogens with zero attached hydrogens (tertiary/aromatic N) is 4. The van der Waals surface area contributed by atoms with Gasteiger partial charge >= 0.3 is 0 Å². The topological polar surface area (TPSA) is 69.9 Å². The Morgan fingerprint density at radius 1 is 1.20 bits per heavy atom. The molecule has 0 spiro atoms. The van der Waals surface area contributed by atoms with Gasteiger partial charge in [-0.3, -0.25) is 4.79 Å². The van der Waals surface area contributed by atoms with Gasteiger partial charge in [-0.25, -0.2) is 0 Å². The predicted molar refractivity (Wildman–Crippen MR) is 96.5 cm³/mol. The zero-order chi connectivity index (χ0) is 17.8. The first-order chi connectivity index (χ1) is 12.1. The Labute approximate surface area is 150 Å². The van der Waals surface area contributed by atoms with E-state index in [1.807, 2.05) is 62.4 Å². The molecule has 0 N–H and O–H groups in total. The Morgan fingerprint density at radius 2 is 1.96 bits per heavy atom. The maximum atomic E-state index is 12.6. The van der Waals surface area contributed by atoms with E-state index >= 15 is 0 Å². The van der Waals surface area contributed by atoms with Crippen LogP contribution in [0.25, 0.3) is 5.69 Å². The van der Waals surface area contributed by atoms with E-state index in [-0.39, 0.29) is 11.0 Å². The fraction of sp³-hybridized carbons (Fsp3) is 0.222. The Balaban J connectivity index is 1.88. The maximum absolute atomic E-state index is 12.6. The minimum atomic E-state index is -0.317. The van der Waals surface area contributed by atoms with Crippen LogP contribution >= 0.6 is 11.8 Å². The fourth-order valence-electron chi connectivity index (χ4n) is 2.42. The van der Waals surface area contributed by atoms with Crippen LogP contribution in [-0.2, 0) is 0 Å². The molecule has 1 heterocycles. The standard InChI is InChI=1S/C18H18N4O2S/c1-12-9-10-16(24-3)15(11-12)22-18(19-20-21-22)25-13(2)17(23)14-7-5-4-6-8-14/h4-11,13H,1-3H3. The van der Waals surface area contributed by atoms with Gasteiger partial charge < -0.3 is 4.74 Å². The molecular formula is C18H18N4O2S. The SMILES string of the molecule is COc1ccc(C)cc1-n1nnnc1SC(C)C(=O)c1ccccc1. The average molecular weight is 354 g/mol. The van der Waals surface area contributed by atoms with Crippen molar-refractivity contribution < 1.29 is 9.53 Å². The zero-order valence-corrected chi connectivity index (χ0v) is 15.0. The molecule has 1 unspecified atom stereocenters. The number of carbonyl (C=O) groups is 1. The zero-order valence-electron chi connectivity index (χ0n) is 14.2. The van der Waals surface area contributed by atoms with Crippen LogP contribution in [0.1, 0.15) is 22.8 Å². The van der Waals surface area contributed by atoms with Gasteiger partial charge in [0.15, 0.2) is 5.78 Å². The number of aromatic nitrogens is 4. The Bertz CT molecular complexity index is 880. The molecule has 2 aromatic carbocycles. The molecule has 1 atom stereocenters. The number of thioether (sulfide) groups is 1. The lowest BCUT2D eigenvalue weighted by Crippen LogP contribution is -2.14. The molecule has 3 rings (SSSR count). The van der Waals surface area contributed by atoms with Gasteiger partial charge in [0.05, 0.1) is 12.4 Å². The molecule has 3 aromatic rings. The number of aryl methyl sites for hydroxylation is 1. The molecule has 128 valence electrons. The average Bonchev–Trinajstić information content (AvgIpc) is 3.09. The largest absolute Gasteiger partial charge is 0.494 e. The summed E-state index contributed by atoms with van der Waals surface area (Å²) >= 11 is 1.32. The van der Waals surface area contributed by atoms with Crippen molar-refractivity contribution in [3.63, 3.8) is 0 Å². The van der Waals surface area contributed by atoms with Crippen molar-refractivity contribution in [3.8, 4) is 11.4 Å². The lowest BCUT2D eigenvalue weighted by Gasteiger charge is -2.12. The third-order valence-corrected chi connectivity index (χ3v) is 4.75. The van der Waals surface area contributed by atoms with Gasteiger partial charge in [0.2, 0.25) is 5.16 Å². The number of hydrogen-bond acceptors (Lipinski definition) is 6. The highest BCUT2D eigenvalue weighted by Gasteiger charge is 2.21. The molecule has 0 bridgehead atoms. The summed E-state index contributed by atoms with van der Waals surface area (Å²) in [6.07, 6.45) is 0. The van der Waals surface area contributed by atoms with Crippen molar-refractivity contribution in [1.82, 2.24) is 20.2 Å². The molecule has 0 fully saturated rings. The molecule has 1 aromatic heterocycles. The van der Waals surface area contributed by atoms with E-state index < -0.39 is 0 Å².